The number of fused-ring (bicyclic) bond motifs is 1. The van der Waals surface area contributed by atoms with Crippen LogP contribution in [0.3, 0.4) is 0 Å². The molecule has 0 saturated heterocycles. The maximum absolute atomic E-state index is 7.83. The average Bonchev–Trinajstić information content (AvgIpc) is 2.27. The Hall–Kier alpha value is -1.60. The van der Waals surface area contributed by atoms with Crippen LogP contribution in [-0.2, 0) is 0 Å². The molecule has 1 atom stereocenters. The number of hydrogen-bond donors (Lipinski definition) is 0. The number of hydrogen-bond acceptors (Lipinski definition) is 0. The van der Waals surface area contributed by atoms with Crippen molar-refractivity contribution in [1.29, 1.82) is 0 Å². The largest absolute Gasteiger partial charge is 0.246 e. The monoisotopic (exact) mass is 182 g/mol. The van der Waals surface area contributed by atoms with Gasteiger partial charge in [0, 0.05) is 0 Å². The van der Waals surface area contributed by atoms with E-state index in [0.717, 1.165) is 10.9 Å². The summed E-state index contributed by atoms with van der Waals surface area (Å²) in [6.45, 7) is 3.66. The molecule has 0 aliphatic rings. The minimum atomic E-state index is -0.332. The molecule has 0 heterocycles. The van der Waals surface area contributed by atoms with Gasteiger partial charge in [0.15, 0.2) is 0 Å². The molecule has 1 radical (unpaired) electrons. The summed E-state index contributed by atoms with van der Waals surface area (Å²) in [5, 5.41) is 2.33. The standard InChI is InChI=1S/C13H12N/c1-2-13(14)12-9-5-7-10-6-3-4-8-11(10)12/h2-9,13-14H,1H2. The van der Waals surface area contributed by atoms with Crippen molar-refractivity contribution >= 4 is 10.8 Å². The van der Waals surface area contributed by atoms with Crippen LogP contribution in [0.1, 0.15) is 11.6 Å². The van der Waals surface area contributed by atoms with Gasteiger partial charge in [-0.2, -0.15) is 0 Å². The molecule has 0 aromatic heterocycles. The van der Waals surface area contributed by atoms with Gasteiger partial charge in [0.1, 0.15) is 0 Å². The van der Waals surface area contributed by atoms with Crippen molar-refractivity contribution in [2.45, 2.75) is 6.04 Å². The fraction of sp³-hybridized carbons (Fsp3) is 0.0769. The lowest BCUT2D eigenvalue weighted by Crippen LogP contribution is -1.95. The van der Waals surface area contributed by atoms with E-state index in [-0.39, 0.29) is 6.04 Å². The minimum Gasteiger partial charge on any atom is -0.246 e. The van der Waals surface area contributed by atoms with Gasteiger partial charge in [0.05, 0.1) is 6.04 Å². The predicted octanol–water partition coefficient (Wildman–Crippen LogP) is 3.35. The molecule has 0 fully saturated rings. The molecule has 0 spiro atoms. The van der Waals surface area contributed by atoms with Crippen LogP contribution in [-0.4, -0.2) is 0 Å². The van der Waals surface area contributed by atoms with Crippen LogP contribution >= 0.6 is 0 Å². The van der Waals surface area contributed by atoms with Crippen molar-refractivity contribution < 1.29 is 0 Å². The van der Waals surface area contributed by atoms with Gasteiger partial charge in [-0.15, -0.1) is 6.58 Å². The van der Waals surface area contributed by atoms with Gasteiger partial charge in [-0.05, 0) is 16.3 Å². The highest BCUT2D eigenvalue weighted by Crippen LogP contribution is 2.23. The molecule has 0 aliphatic heterocycles. The first-order valence-corrected chi connectivity index (χ1v) is 4.64. The van der Waals surface area contributed by atoms with Gasteiger partial charge in [-0.25, -0.2) is 5.73 Å². The zero-order chi connectivity index (χ0) is 9.97. The smallest absolute Gasteiger partial charge is 0.0646 e. The van der Waals surface area contributed by atoms with Crippen LogP contribution in [0.4, 0.5) is 0 Å². The van der Waals surface area contributed by atoms with Crippen LogP contribution in [0.5, 0.6) is 0 Å². The molecule has 14 heavy (non-hydrogen) atoms. The Balaban J connectivity index is 2.70. The molecule has 1 N–H and O–H groups in total. The Labute approximate surface area is 83.9 Å². The molecule has 1 unspecified atom stereocenters. The third-order valence-electron chi connectivity index (χ3n) is 2.39. The summed E-state index contributed by atoms with van der Waals surface area (Å²) in [6, 6.07) is 13.8. The maximum atomic E-state index is 7.83. The third kappa shape index (κ3) is 1.42. The first-order valence-electron chi connectivity index (χ1n) is 4.64. The topological polar surface area (TPSA) is 23.8 Å². The molecular formula is C13H12N. The second-order valence-corrected chi connectivity index (χ2v) is 3.28. The van der Waals surface area contributed by atoms with Gasteiger partial charge in [0.2, 0.25) is 0 Å². The summed E-state index contributed by atoms with van der Waals surface area (Å²) in [6.07, 6.45) is 1.65. The lowest BCUT2D eigenvalue weighted by molar-refractivity contribution is 0.888. The number of nitrogens with one attached hydrogen (secondary N) is 1. The van der Waals surface area contributed by atoms with Crippen molar-refractivity contribution in [3.63, 3.8) is 0 Å². The van der Waals surface area contributed by atoms with Gasteiger partial charge in [-0.3, -0.25) is 0 Å². The Bertz CT molecular complexity index is 454. The highest BCUT2D eigenvalue weighted by molar-refractivity contribution is 5.86. The van der Waals surface area contributed by atoms with Crippen LogP contribution in [0, 0.1) is 0 Å². The van der Waals surface area contributed by atoms with E-state index in [1.165, 1.54) is 5.39 Å². The fourth-order valence-electron chi connectivity index (χ4n) is 1.65. The molecule has 2 aromatic rings. The van der Waals surface area contributed by atoms with Gasteiger partial charge >= 0.3 is 0 Å². The molecule has 0 aliphatic carbocycles. The summed E-state index contributed by atoms with van der Waals surface area (Å²) < 4.78 is 0. The molecule has 69 valence electrons. The van der Waals surface area contributed by atoms with Crippen LogP contribution in [0.25, 0.3) is 10.8 Å². The first kappa shape index (κ1) is 8.97. The van der Waals surface area contributed by atoms with Crippen molar-refractivity contribution in [2.24, 2.45) is 0 Å². The second kappa shape index (κ2) is 3.64. The summed E-state index contributed by atoms with van der Waals surface area (Å²) >= 11 is 0. The zero-order valence-electron chi connectivity index (χ0n) is 7.90. The van der Waals surface area contributed by atoms with E-state index in [1.54, 1.807) is 6.08 Å². The van der Waals surface area contributed by atoms with E-state index in [4.69, 9.17) is 5.73 Å². The van der Waals surface area contributed by atoms with Crippen molar-refractivity contribution in [1.82, 2.24) is 5.73 Å². The summed E-state index contributed by atoms with van der Waals surface area (Å²) in [5.74, 6) is 0. The highest BCUT2D eigenvalue weighted by atomic mass is 14.6. The van der Waals surface area contributed by atoms with Crippen molar-refractivity contribution in [2.75, 3.05) is 0 Å². The van der Waals surface area contributed by atoms with E-state index < -0.39 is 0 Å². The van der Waals surface area contributed by atoms with Gasteiger partial charge < -0.3 is 0 Å². The van der Waals surface area contributed by atoms with E-state index >= 15 is 0 Å². The van der Waals surface area contributed by atoms with Crippen LogP contribution in [0.15, 0.2) is 55.1 Å². The maximum Gasteiger partial charge on any atom is 0.0646 e. The summed E-state index contributed by atoms with van der Waals surface area (Å²) in [4.78, 5) is 0. The highest BCUT2D eigenvalue weighted by Gasteiger charge is 2.05. The van der Waals surface area contributed by atoms with E-state index in [9.17, 15) is 0 Å². The number of benzene rings is 2. The molecule has 1 heteroatoms. The molecule has 2 rings (SSSR count). The quantitative estimate of drug-likeness (QED) is 0.636. The average molecular weight is 182 g/mol. The molecule has 1 nitrogen and oxygen atoms in total. The summed E-state index contributed by atoms with van der Waals surface area (Å²) in [7, 11) is 0. The number of rotatable bonds is 2. The normalized spacial score (nSPS) is 12.6. The molecular weight excluding hydrogens is 170 g/mol. The SMILES string of the molecule is C=CC([NH])c1cccc2ccccc12. The zero-order valence-corrected chi connectivity index (χ0v) is 7.90. The van der Waals surface area contributed by atoms with E-state index in [2.05, 4.69) is 24.8 Å². The van der Waals surface area contributed by atoms with Crippen molar-refractivity contribution in [3.8, 4) is 0 Å². The van der Waals surface area contributed by atoms with E-state index in [0.29, 0.717) is 0 Å². The molecule has 2 aromatic carbocycles. The first-order chi connectivity index (χ1) is 6.83. The van der Waals surface area contributed by atoms with E-state index in [1.807, 2.05) is 24.3 Å². The Morgan fingerprint density at radius 2 is 1.79 bits per heavy atom. The molecule has 0 amide bonds. The fourth-order valence-corrected chi connectivity index (χ4v) is 1.65. The predicted molar refractivity (Wildman–Crippen MR) is 60.0 cm³/mol. The lowest BCUT2D eigenvalue weighted by atomic mass is 9.99. The van der Waals surface area contributed by atoms with Crippen LogP contribution < -0.4 is 5.73 Å². The molecule has 0 bridgehead atoms. The summed E-state index contributed by atoms with van der Waals surface area (Å²) in [5.41, 5.74) is 8.85. The van der Waals surface area contributed by atoms with Crippen LogP contribution in [0.2, 0.25) is 0 Å². The Kier molecular flexibility index (Phi) is 2.33. The minimum absolute atomic E-state index is 0.332. The lowest BCUT2D eigenvalue weighted by Gasteiger charge is -2.09. The Morgan fingerprint density at radius 3 is 2.57 bits per heavy atom. The van der Waals surface area contributed by atoms with Crippen molar-refractivity contribution in [3.05, 3.63) is 60.7 Å². The second-order valence-electron chi connectivity index (χ2n) is 3.28. The Morgan fingerprint density at radius 1 is 1.07 bits per heavy atom. The van der Waals surface area contributed by atoms with Gasteiger partial charge in [0.25, 0.3) is 0 Å². The molecule has 0 saturated carbocycles. The van der Waals surface area contributed by atoms with Gasteiger partial charge in [-0.1, -0.05) is 48.5 Å². The third-order valence-corrected chi connectivity index (χ3v) is 2.39.